The number of rotatable bonds is 8. The highest BCUT2D eigenvalue weighted by Gasteiger charge is 2.25. The number of amides is 1. The Morgan fingerprint density at radius 1 is 1.13 bits per heavy atom. The average molecular weight is 430 g/mol. The van der Waals surface area contributed by atoms with Crippen LogP contribution in [-0.4, -0.2) is 62.6 Å². The van der Waals surface area contributed by atoms with Crippen molar-refractivity contribution in [3.63, 3.8) is 0 Å². The third-order valence-corrected chi connectivity index (χ3v) is 5.25. The van der Waals surface area contributed by atoms with Crippen molar-refractivity contribution in [3.05, 3.63) is 40.7 Å². The lowest BCUT2D eigenvalue weighted by molar-refractivity contribution is -0.881. The van der Waals surface area contributed by atoms with Gasteiger partial charge in [-0.1, -0.05) is 0 Å². The van der Waals surface area contributed by atoms with E-state index in [4.69, 9.17) is 14.2 Å². The SMILES string of the molecule is CC[NH+](CC(=O)Nc1ccc2c(c1)OCCO2)CC(=O)c1[nH]c(C)c(C(=O)OC)c1C. The molecule has 0 radical (unpaired) electrons. The molecule has 1 aliphatic heterocycles. The van der Waals surface area contributed by atoms with Crippen molar-refractivity contribution in [3.8, 4) is 11.5 Å². The number of ether oxygens (including phenoxy) is 3. The van der Waals surface area contributed by atoms with E-state index in [0.717, 1.165) is 4.90 Å². The van der Waals surface area contributed by atoms with Crippen LogP contribution in [0.5, 0.6) is 11.5 Å². The lowest BCUT2D eigenvalue weighted by Crippen LogP contribution is -3.13. The fourth-order valence-electron chi connectivity index (χ4n) is 3.62. The normalized spacial score (nSPS) is 13.4. The maximum absolute atomic E-state index is 12.8. The van der Waals surface area contributed by atoms with E-state index >= 15 is 0 Å². The van der Waals surface area contributed by atoms with Crippen LogP contribution in [0.4, 0.5) is 5.69 Å². The second-order valence-corrected chi connectivity index (χ2v) is 7.40. The molecule has 2 heterocycles. The van der Waals surface area contributed by atoms with E-state index in [2.05, 4.69) is 10.3 Å². The molecule has 1 aliphatic rings. The van der Waals surface area contributed by atoms with Crippen LogP contribution in [0, 0.1) is 13.8 Å². The summed E-state index contributed by atoms with van der Waals surface area (Å²) in [4.78, 5) is 41.1. The number of hydrogen-bond acceptors (Lipinski definition) is 6. The summed E-state index contributed by atoms with van der Waals surface area (Å²) in [7, 11) is 1.30. The highest BCUT2D eigenvalue weighted by Crippen LogP contribution is 2.32. The predicted molar refractivity (Wildman–Crippen MR) is 113 cm³/mol. The summed E-state index contributed by atoms with van der Waals surface area (Å²) >= 11 is 0. The van der Waals surface area contributed by atoms with Gasteiger partial charge in [0.25, 0.3) is 5.91 Å². The van der Waals surface area contributed by atoms with Crippen LogP contribution in [0.15, 0.2) is 18.2 Å². The van der Waals surface area contributed by atoms with E-state index in [-0.39, 0.29) is 24.8 Å². The Kier molecular flexibility index (Phi) is 6.96. The first-order chi connectivity index (χ1) is 14.8. The lowest BCUT2D eigenvalue weighted by Gasteiger charge is -2.19. The van der Waals surface area contributed by atoms with Crippen LogP contribution in [-0.2, 0) is 9.53 Å². The van der Waals surface area contributed by atoms with Crippen molar-refractivity contribution < 1.29 is 33.5 Å². The Morgan fingerprint density at radius 2 is 1.84 bits per heavy atom. The molecule has 0 aliphatic carbocycles. The van der Waals surface area contributed by atoms with Gasteiger partial charge in [-0.2, -0.15) is 0 Å². The van der Waals surface area contributed by atoms with Crippen molar-refractivity contribution in [1.82, 2.24) is 4.98 Å². The van der Waals surface area contributed by atoms with Gasteiger partial charge in [-0.05, 0) is 38.5 Å². The number of aryl methyl sites for hydroxylation is 1. The molecule has 1 aromatic carbocycles. The Balaban J connectivity index is 1.63. The molecule has 2 aromatic rings. The van der Waals surface area contributed by atoms with Crippen molar-refractivity contribution in [2.24, 2.45) is 0 Å². The molecule has 0 fully saturated rings. The molecular weight excluding hydrogens is 402 g/mol. The van der Waals surface area contributed by atoms with Crippen LogP contribution in [0.2, 0.25) is 0 Å². The lowest BCUT2D eigenvalue weighted by atomic mass is 10.1. The van der Waals surface area contributed by atoms with Gasteiger partial charge in [-0.3, -0.25) is 9.59 Å². The molecule has 3 rings (SSSR count). The molecule has 9 nitrogen and oxygen atoms in total. The van der Waals surface area contributed by atoms with Gasteiger partial charge in [-0.15, -0.1) is 0 Å². The second kappa shape index (κ2) is 9.65. The molecule has 0 spiro atoms. The fourth-order valence-corrected chi connectivity index (χ4v) is 3.62. The molecule has 3 N–H and O–H groups in total. The fraction of sp³-hybridized carbons (Fsp3) is 0.409. The number of ketones is 1. The Labute approximate surface area is 180 Å². The number of H-pyrrole nitrogens is 1. The van der Waals surface area contributed by atoms with E-state index in [9.17, 15) is 14.4 Å². The maximum atomic E-state index is 12.8. The molecule has 166 valence electrons. The maximum Gasteiger partial charge on any atom is 0.339 e. The number of likely N-dealkylation sites (N-methyl/N-ethyl adjacent to an activating group) is 1. The van der Waals surface area contributed by atoms with Crippen LogP contribution in [0.1, 0.15) is 39.0 Å². The number of nitrogens with one attached hydrogen (secondary N) is 3. The predicted octanol–water partition coefficient (Wildman–Crippen LogP) is 0.916. The van der Waals surface area contributed by atoms with E-state index < -0.39 is 5.97 Å². The summed E-state index contributed by atoms with van der Waals surface area (Å²) in [5.74, 6) is 0.385. The Bertz CT molecular complexity index is 997. The molecule has 1 atom stereocenters. The third kappa shape index (κ3) is 5.05. The highest BCUT2D eigenvalue weighted by atomic mass is 16.6. The third-order valence-electron chi connectivity index (χ3n) is 5.25. The van der Waals surface area contributed by atoms with Gasteiger partial charge < -0.3 is 29.4 Å². The minimum absolute atomic E-state index is 0.118. The standard InChI is InChI=1S/C22H27N3O6/c1-5-25(11-16(26)21-13(2)20(14(3)23-21)22(28)29-4)12-19(27)24-15-6-7-17-18(10-15)31-9-8-30-17/h6-7,10,23H,5,8-9,11-12H2,1-4H3,(H,24,27)/p+1. The van der Waals surface area contributed by atoms with Crippen molar-refractivity contribution >= 4 is 23.3 Å². The largest absolute Gasteiger partial charge is 0.486 e. The zero-order valence-corrected chi connectivity index (χ0v) is 18.2. The summed E-state index contributed by atoms with van der Waals surface area (Å²) in [5.41, 5.74) is 2.50. The quantitative estimate of drug-likeness (QED) is 0.424. The highest BCUT2D eigenvalue weighted by molar-refractivity contribution is 6.02. The van der Waals surface area contributed by atoms with E-state index in [1.54, 1.807) is 32.0 Å². The number of benzene rings is 1. The first kappa shape index (κ1) is 22.4. The molecule has 31 heavy (non-hydrogen) atoms. The van der Waals surface area contributed by atoms with Crippen molar-refractivity contribution in [1.29, 1.82) is 0 Å². The second-order valence-electron chi connectivity index (χ2n) is 7.40. The summed E-state index contributed by atoms with van der Waals surface area (Å²) < 4.78 is 15.8. The minimum Gasteiger partial charge on any atom is -0.486 e. The van der Waals surface area contributed by atoms with Crippen molar-refractivity contribution in [2.45, 2.75) is 20.8 Å². The van der Waals surface area contributed by atoms with Gasteiger partial charge in [0.15, 0.2) is 18.0 Å². The molecule has 1 aromatic heterocycles. The number of hydrogen-bond donors (Lipinski definition) is 3. The molecule has 1 unspecified atom stereocenters. The number of methoxy groups -OCH3 is 1. The van der Waals surface area contributed by atoms with E-state index in [1.807, 2.05) is 6.92 Å². The smallest absolute Gasteiger partial charge is 0.339 e. The number of esters is 1. The van der Waals surface area contributed by atoms with E-state index in [0.29, 0.717) is 59.5 Å². The van der Waals surface area contributed by atoms with Crippen LogP contribution in [0.25, 0.3) is 0 Å². The van der Waals surface area contributed by atoms with Gasteiger partial charge in [0.1, 0.15) is 19.8 Å². The number of quaternary nitrogens is 1. The van der Waals surface area contributed by atoms with Gasteiger partial charge >= 0.3 is 5.97 Å². The first-order valence-corrected chi connectivity index (χ1v) is 10.2. The van der Waals surface area contributed by atoms with E-state index in [1.165, 1.54) is 7.11 Å². The number of aromatic nitrogens is 1. The number of anilines is 1. The average Bonchev–Trinajstić information content (AvgIpc) is 3.06. The molecule has 9 heteroatoms. The summed E-state index contributed by atoms with van der Waals surface area (Å²) in [6.07, 6.45) is 0. The molecule has 0 saturated carbocycles. The Hall–Kier alpha value is -3.33. The molecule has 0 saturated heterocycles. The molecular formula is C22H28N3O6+. The summed E-state index contributed by atoms with van der Waals surface area (Å²) in [5, 5.41) is 2.84. The van der Waals surface area contributed by atoms with Crippen LogP contribution < -0.4 is 19.7 Å². The summed E-state index contributed by atoms with van der Waals surface area (Å²) in [6, 6.07) is 5.23. The number of carbonyl (C=O) groups excluding carboxylic acids is 3. The number of fused-ring (bicyclic) bond motifs is 1. The van der Waals surface area contributed by atoms with Crippen LogP contribution in [0.3, 0.4) is 0 Å². The number of Topliss-reactive ketones (excluding diaryl/α,β-unsaturated/α-hetero) is 1. The van der Waals surface area contributed by atoms with Gasteiger partial charge in [0.05, 0.1) is 24.9 Å². The molecule has 1 amide bonds. The zero-order chi connectivity index (χ0) is 22.5. The number of carbonyl (C=O) groups is 3. The van der Waals surface area contributed by atoms with Crippen molar-refractivity contribution in [2.75, 3.05) is 45.3 Å². The summed E-state index contributed by atoms with van der Waals surface area (Å²) in [6.45, 7) is 7.14. The van der Waals surface area contributed by atoms with Gasteiger partial charge in [0.2, 0.25) is 5.78 Å². The minimum atomic E-state index is -0.483. The topological polar surface area (TPSA) is 111 Å². The van der Waals surface area contributed by atoms with Crippen LogP contribution >= 0.6 is 0 Å². The first-order valence-electron chi connectivity index (χ1n) is 10.2. The van der Waals surface area contributed by atoms with Gasteiger partial charge in [-0.25, -0.2) is 4.79 Å². The number of aromatic amines is 1. The zero-order valence-electron chi connectivity index (χ0n) is 18.2. The Morgan fingerprint density at radius 3 is 2.52 bits per heavy atom. The monoisotopic (exact) mass is 430 g/mol. The van der Waals surface area contributed by atoms with Gasteiger partial charge in [0, 0.05) is 17.4 Å². The molecule has 0 bridgehead atoms.